The van der Waals surface area contributed by atoms with Gasteiger partial charge in [0, 0.05) is 16.3 Å². The fraction of sp³-hybridized carbons (Fsp3) is 0.167. The molecule has 0 saturated heterocycles. The fourth-order valence-corrected chi connectivity index (χ4v) is 3.66. The van der Waals surface area contributed by atoms with Crippen LogP contribution in [0.25, 0.3) is 11.0 Å². The van der Waals surface area contributed by atoms with Gasteiger partial charge >= 0.3 is 0 Å². The highest BCUT2D eigenvalue weighted by atomic mass is 32.1. The number of anilines is 1. The molecular formula is C18H17N5OS. The van der Waals surface area contributed by atoms with Gasteiger partial charge < -0.3 is 10.3 Å². The van der Waals surface area contributed by atoms with Crippen molar-refractivity contribution in [1.82, 2.24) is 19.7 Å². The first-order valence-corrected chi connectivity index (χ1v) is 8.74. The number of carbonyl (C=O) groups is 1. The molecule has 0 fully saturated rings. The van der Waals surface area contributed by atoms with E-state index < -0.39 is 0 Å². The van der Waals surface area contributed by atoms with E-state index >= 15 is 0 Å². The quantitative estimate of drug-likeness (QED) is 0.588. The van der Waals surface area contributed by atoms with E-state index in [0.29, 0.717) is 11.4 Å². The Kier molecular flexibility index (Phi) is 3.85. The van der Waals surface area contributed by atoms with Gasteiger partial charge in [0.15, 0.2) is 0 Å². The van der Waals surface area contributed by atoms with Gasteiger partial charge in [0.2, 0.25) is 0 Å². The second-order valence-electron chi connectivity index (χ2n) is 5.94. The lowest BCUT2D eigenvalue weighted by molar-refractivity contribution is 0.103. The van der Waals surface area contributed by atoms with Crippen molar-refractivity contribution in [3.63, 3.8) is 0 Å². The molecule has 1 aromatic carbocycles. The zero-order valence-electron chi connectivity index (χ0n) is 13.9. The van der Waals surface area contributed by atoms with Gasteiger partial charge in [-0.15, -0.1) is 11.3 Å². The summed E-state index contributed by atoms with van der Waals surface area (Å²) in [7, 11) is 0. The average molecular weight is 351 g/mol. The lowest BCUT2D eigenvalue weighted by Gasteiger charge is -2.03. The third-order valence-corrected chi connectivity index (χ3v) is 5.04. The Morgan fingerprint density at radius 2 is 2.12 bits per heavy atom. The van der Waals surface area contributed by atoms with Gasteiger partial charge in [0.1, 0.15) is 0 Å². The number of thiophene rings is 1. The number of aromatic amines is 1. The maximum absolute atomic E-state index is 12.5. The number of amides is 1. The van der Waals surface area contributed by atoms with E-state index in [-0.39, 0.29) is 5.91 Å². The van der Waals surface area contributed by atoms with E-state index in [4.69, 9.17) is 0 Å². The predicted octanol–water partition coefficient (Wildman–Crippen LogP) is 3.74. The number of carbonyl (C=O) groups excluding carboxylic acids is 1. The zero-order chi connectivity index (χ0) is 17.4. The summed E-state index contributed by atoms with van der Waals surface area (Å²) in [5, 5.41) is 7.39. The normalized spacial score (nSPS) is 11.1. The minimum atomic E-state index is -0.112. The van der Waals surface area contributed by atoms with Gasteiger partial charge in [-0.2, -0.15) is 5.10 Å². The molecule has 0 bridgehead atoms. The second-order valence-corrected chi connectivity index (χ2v) is 7.11. The standard InChI is InChI=1S/C18H17N5OS/c1-11-7-12(2)23(22-11)9-14-4-6-17(25-14)18(24)21-13-3-5-15-16(8-13)20-10-19-15/h3-8,10H,9H2,1-2H3,(H,19,20)(H,21,24). The summed E-state index contributed by atoms with van der Waals surface area (Å²) >= 11 is 1.48. The molecule has 4 aromatic rings. The molecular weight excluding hydrogens is 334 g/mol. The minimum absolute atomic E-state index is 0.112. The number of hydrogen-bond acceptors (Lipinski definition) is 4. The van der Waals surface area contributed by atoms with Gasteiger partial charge in [-0.05, 0) is 50.2 Å². The summed E-state index contributed by atoms with van der Waals surface area (Å²) in [6.45, 7) is 4.69. The summed E-state index contributed by atoms with van der Waals surface area (Å²) < 4.78 is 1.95. The highest BCUT2D eigenvalue weighted by Crippen LogP contribution is 2.21. The number of nitrogens with one attached hydrogen (secondary N) is 2. The number of imidazole rings is 1. The molecule has 0 aliphatic rings. The van der Waals surface area contributed by atoms with Crippen molar-refractivity contribution in [2.75, 3.05) is 5.32 Å². The molecule has 4 rings (SSSR count). The fourth-order valence-electron chi connectivity index (χ4n) is 2.77. The van der Waals surface area contributed by atoms with Crippen LogP contribution in [0.5, 0.6) is 0 Å². The smallest absolute Gasteiger partial charge is 0.265 e. The Morgan fingerprint density at radius 3 is 2.92 bits per heavy atom. The molecule has 3 aromatic heterocycles. The van der Waals surface area contributed by atoms with E-state index in [0.717, 1.165) is 33.0 Å². The number of hydrogen-bond donors (Lipinski definition) is 2. The molecule has 6 nitrogen and oxygen atoms in total. The first kappa shape index (κ1) is 15.6. The Bertz CT molecular complexity index is 1060. The molecule has 0 radical (unpaired) electrons. The largest absolute Gasteiger partial charge is 0.345 e. The molecule has 25 heavy (non-hydrogen) atoms. The van der Waals surface area contributed by atoms with Crippen molar-refractivity contribution in [3.8, 4) is 0 Å². The number of aryl methyl sites for hydroxylation is 2. The Balaban J connectivity index is 1.49. The van der Waals surface area contributed by atoms with Crippen LogP contribution in [0.3, 0.4) is 0 Å². The van der Waals surface area contributed by atoms with Crippen LogP contribution in [-0.4, -0.2) is 25.7 Å². The van der Waals surface area contributed by atoms with Crippen LogP contribution in [0.2, 0.25) is 0 Å². The number of benzene rings is 1. The molecule has 7 heteroatoms. The van der Waals surface area contributed by atoms with E-state index in [9.17, 15) is 4.79 Å². The minimum Gasteiger partial charge on any atom is -0.345 e. The Hall–Kier alpha value is -2.93. The van der Waals surface area contributed by atoms with Crippen LogP contribution in [0.15, 0.2) is 42.7 Å². The van der Waals surface area contributed by atoms with Gasteiger partial charge in [0.05, 0.1) is 34.5 Å². The summed E-state index contributed by atoms with van der Waals surface area (Å²) in [4.78, 5) is 21.5. The van der Waals surface area contributed by atoms with Crippen molar-refractivity contribution in [2.45, 2.75) is 20.4 Å². The zero-order valence-corrected chi connectivity index (χ0v) is 14.7. The van der Waals surface area contributed by atoms with Crippen molar-refractivity contribution in [2.24, 2.45) is 0 Å². The molecule has 0 aliphatic heterocycles. The average Bonchev–Trinajstić information content (AvgIpc) is 3.28. The first-order chi connectivity index (χ1) is 12.1. The number of fused-ring (bicyclic) bond motifs is 1. The third kappa shape index (κ3) is 3.18. The predicted molar refractivity (Wildman–Crippen MR) is 99.2 cm³/mol. The van der Waals surface area contributed by atoms with Crippen LogP contribution in [0, 0.1) is 13.8 Å². The summed E-state index contributed by atoms with van der Waals surface area (Å²) in [6, 6.07) is 11.5. The molecule has 2 N–H and O–H groups in total. The summed E-state index contributed by atoms with van der Waals surface area (Å²) in [6.07, 6.45) is 1.64. The van der Waals surface area contributed by atoms with Crippen molar-refractivity contribution in [3.05, 3.63) is 63.9 Å². The van der Waals surface area contributed by atoms with Crippen molar-refractivity contribution in [1.29, 1.82) is 0 Å². The molecule has 126 valence electrons. The van der Waals surface area contributed by atoms with E-state index in [2.05, 4.69) is 20.4 Å². The number of nitrogens with zero attached hydrogens (tertiary/aromatic N) is 3. The lowest BCUT2D eigenvalue weighted by atomic mass is 10.2. The maximum Gasteiger partial charge on any atom is 0.265 e. The number of aromatic nitrogens is 4. The van der Waals surface area contributed by atoms with Crippen LogP contribution >= 0.6 is 11.3 Å². The van der Waals surface area contributed by atoms with Gasteiger partial charge in [-0.3, -0.25) is 9.48 Å². The van der Waals surface area contributed by atoms with Gasteiger partial charge in [-0.25, -0.2) is 4.98 Å². The summed E-state index contributed by atoms with van der Waals surface area (Å²) in [5.74, 6) is -0.112. The topological polar surface area (TPSA) is 75.6 Å². The van der Waals surface area contributed by atoms with Crippen molar-refractivity contribution < 1.29 is 4.79 Å². The monoisotopic (exact) mass is 351 g/mol. The maximum atomic E-state index is 12.5. The van der Waals surface area contributed by atoms with E-state index in [1.54, 1.807) is 6.33 Å². The SMILES string of the molecule is Cc1cc(C)n(Cc2ccc(C(=O)Nc3ccc4[nH]cnc4c3)s2)n1. The molecule has 3 heterocycles. The molecule has 0 atom stereocenters. The van der Waals surface area contributed by atoms with E-state index in [1.165, 1.54) is 11.3 Å². The van der Waals surface area contributed by atoms with Gasteiger partial charge in [-0.1, -0.05) is 0 Å². The second kappa shape index (κ2) is 6.18. The molecule has 0 saturated carbocycles. The third-order valence-electron chi connectivity index (χ3n) is 3.97. The van der Waals surface area contributed by atoms with Crippen LogP contribution < -0.4 is 5.32 Å². The van der Waals surface area contributed by atoms with Crippen molar-refractivity contribution >= 4 is 34.0 Å². The molecule has 0 unspecified atom stereocenters. The summed E-state index contributed by atoms with van der Waals surface area (Å²) in [5.41, 5.74) is 4.62. The number of rotatable bonds is 4. The van der Waals surface area contributed by atoms with E-state index in [1.807, 2.05) is 54.9 Å². The van der Waals surface area contributed by atoms with Gasteiger partial charge in [0.25, 0.3) is 5.91 Å². The van der Waals surface area contributed by atoms with Crippen LogP contribution in [-0.2, 0) is 6.54 Å². The molecule has 1 amide bonds. The highest BCUT2D eigenvalue weighted by molar-refractivity contribution is 7.14. The number of H-pyrrole nitrogens is 1. The van der Waals surface area contributed by atoms with Crippen LogP contribution in [0.1, 0.15) is 25.9 Å². The Labute approximate surface area is 148 Å². The van der Waals surface area contributed by atoms with Crippen LogP contribution in [0.4, 0.5) is 5.69 Å². The molecule has 0 aliphatic carbocycles. The molecule has 0 spiro atoms. The lowest BCUT2D eigenvalue weighted by Crippen LogP contribution is -2.09. The Morgan fingerprint density at radius 1 is 1.24 bits per heavy atom. The first-order valence-electron chi connectivity index (χ1n) is 7.93. The highest BCUT2D eigenvalue weighted by Gasteiger charge is 2.11.